The summed E-state index contributed by atoms with van der Waals surface area (Å²) in [4.78, 5) is 36.1. The summed E-state index contributed by atoms with van der Waals surface area (Å²) in [6.07, 6.45) is 4.19. The van der Waals surface area contributed by atoms with Crippen molar-refractivity contribution < 1.29 is 24.1 Å². The SMILES string of the molecule is CCCCc1nc(C(=O)N2CCOC3(CCN(Cc4cccc(CCNC[C@H](O)c5ccc(O)c6[nH]c(=O)sc56)c4F)CC3)C2)cs1. The van der Waals surface area contributed by atoms with E-state index >= 15 is 4.39 Å². The second kappa shape index (κ2) is 14.9. The number of aromatic hydroxyl groups is 1. The molecule has 4 aromatic rings. The molecule has 2 aromatic carbocycles. The van der Waals surface area contributed by atoms with Gasteiger partial charge in [-0.05, 0) is 50.3 Å². The largest absolute Gasteiger partial charge is 0.506 e. The number of thiazole rings is 2. The summed E-state index contributed by atoms with van der Waals surface area (Å²) in [6.45, 7) is 6.46. The number of likely N-dealkylation sites (tertiary alicyclic amines) is 1. The van der Waals surface area contributed by atoms with Gasteiger partial charge in [0.05, 0.1) is 34.6 Å². The molecule has 1 spiro atoms. The van der Waals surface area contributed by atoms with E-state index in [1.165, 1.54) is 6.07 Å². The van der Waals surface area contributed by atoms with E-state index in [9.17, 15) is 19.8 Å². The van der Waals surface area contributed by atoms with E-state index in [1.807, 2.05) is 22.4 Å². The number of aliphatic hydroxyl groups excluding tert-OH is 1. The minimum atomic E-state index is -0.892. The average Bonchev–Trinajstić information content (AvgIpc) is 3.71. The molecule has 1 amide bonds. The molecule has 13 heteroatoms. The minimum Gasteiger partial charge on any atom is -0.506 e. The molecule has 2 fully saturated rings. The van der Waals surface area contributed by atoms with E-state index in [4.69, 9.17) is 4.74 Å². The Morgan fingerprint density at radius 1 is 1.19 bits per heavy atom. The standard InChI is InChI=1S/C34H42FN5O5S2/c1-2-3-7-28-37-25(20-46-28)32(43)40-16-17-45-34(21-40)11-14-39(15-12-34)19-23-6-4-5-22(29(23)35)10-13-36-18-27(42)24-8-9-26(41)30-31(24)47-33(44)38-30/h4-6,8-9,20,27,36,41-42H,2-3,7,10-19,21H2,1H3,(H,38,44)/t27-/m0/s1. The number of nitrogens with zero attached hydrogens (tertiary/aromatic N) is 3. The molecule has 4 N–H and O–H groups in total. The highest BCUT2D eigenvalue weighted by Crippen LogP contribution is 2.33. The van der Waals surface area contributed by atoms with Crippen LogP contribution in [0.2, 0.25) is 0 Å². The zero-order valence-electron chi connectivity index (χ0n) is 26.6. The Morgan fingerprint density at radius 3 is 2.81 bits per heavy atom. The number of H-pyrrole nitrogens is 1. The molecule has 0 radical (unpaired) electrons. The molecule has 0 saturated carbocycles. The van der Waals surface area contributed by atoms with Gasteiger partial charge < -0.3 is 30.2 Å². The third-order valence-electron chi connectivity index (χ3n) is 9.23. The van der Waals surface area contributed by atoms with E-state index in [0.29, 0.717) is 71.8 Å². The molecule has 4 heterocycles. The fourth-order valence-electron chi connectivity index (χ4n) is 6.52. The van der Waals surface area contributed by atoms with Crippen LogP contribution in [0.4, 0.5) is 4.39 Å². The van der Waals surface area contributed by atoms with Crippen molar-refractivity contribution in [3.05, 3.63) is 78.6 Å². The van der Waals surface area contributed by atoms with Gasteiger partial charge in [0, 0.05) is 49.2 Å². The van der Waals surface area contributed by atoms with Gasteiger partial charge >= 0.3 is 4.87 Å². The number of carbonyl (C=O) groups is 1. The molecular weight excluding hydrogens is 642 g/mol. The first kappa shape index (κ1) is 33.7. The van der Waals surface area contributed by atoms with Gasteiger partial charge in [-0.1, -0.05) is 48.9 Å². The van der Waals surface area contributed by atoms with Crippen LogP contribution >= 0.6 is 22.7 Å². The number of amides is 1. The van der Waals surface area contributed by atoms with Crippen LogP contribution in [-0.4, -0.2) is 87.4 Å². The predicted molar refractivity (Wildman–Crippen MR) is 182 cm³/mol. The van der Waals surface area contributed by atoms with Crippen LogP contribution in [-0.2, 0) is 24.1 Å². The van der Waals surface area contributed by atoms with E-state index in [1.54, 1.807) is 23.5 Å². The lowest BCUT2D eigenvalue weighted by atomic mass is 9.89. The molecule has 0 unspecified atom stereocenters. The number of hydrogen-bond acceptors (Lipinski definition) is 10. The fraction of sp³-hybridized carbons (Fsp3) is 0.500. The van der Waals surface area contributed by atoms with Gasteiger partial charge in [0.2, 0.25) is 0 Å². The van der Waals surface area contributed by atoms with E-state index in [0.717, 1.165) is 61.5 Å². The number of nitrogens with one attached hydrogen (secondary N) is 2. The van der Waals surface area contributed by atoms with Crippen LogP contribution in [0.1, 0.15) is 70.9 Å². The summed E-state index contributed by atoms with van der Waals surface area (Å²) in [5.41, 5.74) is 2.29. The summed E-state index contributed by atoms with van der Waals surface area (Å²) in [6, 6.07) is 8.58. The lowest BCUT2D eigenvalue weighted by Crippen LogP contribution is -2.58. The second-order valence-corrected chi connectivity index (χ2v) is 14.4. The van der Waals surface area contributed by atoms with Crippen LogP contribution in [0.3, 0.4) is 0 Å². The first-order valence-electron chi connectivity index (χ1n) is 16.3. The minimum absolute atomic E-state index is 0.0198. The zero-order valence-corrected chi connectivity index (χ0v) is 28.2. The van der Waals surface area contributed by atoms with Crippen LogP contribution in [0, 0.1) is 5.82 Å². The van der Waals surface area contributed by atoms with Crippen LogP contribution in [0.5, 0.6) is 5.75 Å². The number of fused-ring (bicyclic) bond motifs is 1. The quantitative estimate of drug-likeness (QED) is 0.160. The summed E-state index contributed by atoms with van der Waals surface area (Å²) in [5, 5.41) is 26.8. The molecule has 10 nitrogen and oxygen atoms in total. The molecule has 47 heavy (non-hydrogen) atoms. The van der Waals surface area contributed by atoms with Crippen molar-refractivity contribution in [1.29, 1.82) is 0 Å². The number of aliphatic hydroxyl groups is 1. The molecule has 2 aliphatic rings. The van der Waals surface area contributed by atoms with E-state index < -0.39 is 6.10 Å². The molecule has 2 saturated heterocycles. The fourth-order valence-corrected chi connectivity index (χ4v) is 8.25. The van der Waals surface area contributed by atoms with Crippen LogP contribution in [0.25, 0.3) is 10.2 Å². The first-order valence-corrected chi connectivity index (χ1v) is 18.0. The number of aromatic nitrogens is 2. The maximum absolute atomic E-state index is 15.6. The highest BCUT2D eigenvalue weighted by Gasteiger charge is 2.41. The molecule has 6 rings (SSSR count). The van der Waals surface area contributed by atoms with Gasteiger partial charge in [0.15, 0.2) is 0 Å². The molecular formula is C34H42FN5O5S2. The lowest BCUT2D eigenvalue weighted by molar-refractivity contribution is -0.128. The number of ether oxygens (including phenoxy) is 1. The number of unbranched alkanes of at least 4 members (excludes halogenated alkanes) is 1. The Hall–Kier alpha value is -3.20. The third-order valence-corrected chi connectivity index (χ3v) is 11.1. The smallest absolute Gasteiger partial charge is 0.305 e. The van der Waals surface area contributed by atoms with Gasteiger partial charge in [0.25, 0.3) is 5.91 Å². The number of piperidine rings is 1. The Kier molecular flexibility index (Phi) is 10.7. The Balaban J connectivity index is 0.983. The highest BCUT2D eigenvalue weighted by atomic mass is 32.1. The van der Waals surface area contributed by atoms with Crippen molar-refractivity contribution in [1.82, 2.24) is 25.1 Å². The number of phenolic OH excluding ortho intramolecular Hbond substituents is 1. The topological polar surface area (TPSA) is 131 Å². The molecule has 0 aliphatic carbocycles. The molecule has 252 valence electrons. The van der Waals surface area contributed by atoms with Gasteiger partial charge in [-0.2, -0.15) is 0 Å². The van der Waals surface area contributed by atoms with E-state index in [-0.39, 0.29) is 34.5 Å². The number of halogens is 1. The zero-order chi connectivity index (χ0) is 33.0. The van der Waals surface area contributed by atoms with Crippen molar-refractivity contribution in [2.75, 3.05) is 45.9 Å². The maximum Gasteiger partial charge on any atom is 0.305 e. The van der Waals surface area contributed by atoms with Crippen molar-refractivity contribution in [3.8, 4) is 5.75 Å². The lowest BCUT2D eigenvalue weighted by Gasteiger charge is -2.47. The van der Waals surface area contributed by atoms with E-state index in [2.05, 4.69) is 27.1 Å². The monoisotopic (exact) mass is 683 g/mol. The third kappa shape index (κ3) is 7.76. The van der Waals surface area contributed by atoms with Crippen molar-refractivity contribution in [2.24, 2.45) is 0 Å². The van der Waals surface area contributed by atoms with Crippen LogP contribution in [0.15, 0.2) is 40.5 Å². The number of hydrogen-bond donors (Lipinski definition) is 4. The number of benzene rings is 2. The Bertz CT molecular complexity index is 1750. The Morgan fingerprint density at radius 2 is 2.00 bits per heavy atom. The van der Waals surface area contributed by atoms with Crippen molar-refractivity contribution in [3.63, 3.8) is 0 Å². The molecule has 2 aromatic heterocycles. The normalized spacial score (nSPS) is 17.5. The maximum atomic E-state index is 15.6. The number of carbonyl (C=O) groups excluding carboxylic acids is 1. The van der Waals surface area contributed by atoms with Crippen LogP contribution < -0.4 is 10.2 Å². The number of aromatic amines is 1. The van der Waals surface area contributed by atoms with Gasteiger partial charge in [-0.15, -0.1) is 11.3 Å². The summed E-state index contributed by atoms with van der Waals surface area (Å²) in [5.74, 6) is -0.265. The van der Waals surface area contributed by atoms with Crippen molar-refractivity contribution in [2.45, 2.75) is 63.7 Å². The number of phenols is 1. The molecule has 1 atom stereocenters. The van der Waals surface area contributed by atoms with Gasteiger partial charge in [-0.25, -0.2) is 9.37 Å². The molecule has 0 bridgehead atoms. The summed E-state index contributed by atoms with van der Waals surface area (Å²) < 4.78 is 22.4. The average molecular weight is 684 g/mol. The number of rotatable bonds is 12. The Labute approximate surface area is 281 Å². The predicted octanol–water partition coefficient (Wildman–Crippen LogP) is 4.61. The van der Waals surface area contributed by atoms with Gasteiger partial charge in [-0.3, -0.25) is 14.5 Å². The highest BCUT2D eigenvalue weighted by molar-refractivity contribution is 7.16. The number of aryl methyl sites for hydroxylation is 1. The summed E-state index contributed by atoms with van der Waals surface area (Å²) >= 11 is 2.51. The molecule has 2 aliphatic heterocycles. The van der Waals surface area contributed by atoms with Crippen molar-refractivity contribution >= 4 is 38.8 Å². The summed E-state index contributed by atoms with van der Waals surface area (Å²) in [7, 11) is 0. The van der Waals surface area contributed by atoms with Gasteiger partial charge in [0.1, 0.15) is 22.8 Å². The first-order chi connectivity index (χ1) is 22.7. The number of morpholine rings is 1. The second-order valence-electron chi connectivity index (χ2n) is 12.5.